The molecule has 2 aromatic rings. The third-order valence-electron chi connectivity index (χ3n) is 3.52. The van der Waals surface area contributed by atoms with Crippen LogP contribution in [0.3, 0.4) is 0 Å². The Morgan fingerprint density at radius 1 is 1.55 bits per heavy atom. The number of carbonyl (C=O) groups excluding carboxylic acids is 1. The van der Waals surface area contributed by atoms with Crippen LogP contribution >= 0.6 is 11.3 Å². The van der Waals surface area contributed by atoms with E-state index in [9.17, 15) is 4.79 Å². The smallest absolute Gasteiger partial charge is 0.255 e. The molecule has 0 spiro atoms. The lowest BCUT2D eigenvalue weighted by atomic mass is 10.1. The Kier molecular flexibility index (Phi) is 4.70. The van der Waals surface area contributed by atoms with Gasteiger partial charge in [0.05, 0.1) is 7.11 Å². The maximum atomic E-state index is 12.0. The molecule has 5 nitrogen and oxygen atoms in total. The highest BCUT2D eigenvalue weighted by atomic mass is 32.1. The van der Waals surface area contributed by atoms with E-state index in [1.807, 2.05) is 24.3 Å². The number of aromatic nitrogens is 1. The summed E-state index contributed by atoms with van der Waals surface area (Å²) in [5, 5.41) is 3.45. The molecule has 0 radical (unpaired) electrons. The summed E-state index contributed by atoms with van der Waals surface area (Å²) in [6.07, 6.45) is 3.97. The number of methoxy groups -OCH3 is 1. The molecular formula is C16H18N2O3S. The van der Waals surface area contributed by atoms with Gasteiger partial charge in [-0.1, -0.05) is 12.1 Å². The largest absolute Gasteiger partial charge is 0.497 e. The summed E-state index contributed by atoms with van der Waals surface area (Å²) < 4.78 is 10.6. The van der Waals surface area contributed by atoms with Crippen molar-refractivity contribution in [2.24, 2.45) is 0 Å². The van der Waals surface area contributed by atoms with Crippen LogP contribution in [0.15, 0.2) is 30.5 Å². The lowest BCUT2D eigenvalue weighted by Crippen LogP contribution is -2.26. The second kappa shape index (κ2) is 6.89. The molecule has 1 fully saturated rings. The van der Waals surface area contributed by atoms with Crippen LogP contribution < -0.4 is 10.1 Å². The van der Waals surface area contributed by atoms with Crippen LogP contribution in [0, 0.1) is 0 Å². The molecule has 1 N–H and O–H groups in total. The fraction of sp³-hybridized carbons (Fsp3) is 0.375. The quantitative estimate of drug-likeness (QED) is 0.921. The number of nitrogens with zero attached hydrogens (tertiary/aromatic N) is 1. The maximum Gasteiger partial charge on any atom is 0.255 e. The van der Waals surface area contributed by atoms with E-state index in [4.69, 9.17) is 9.47 Å². The van der Waals surface area contributed by atoms with E-state index in [-0.39, 0.29) is 12.0 Å². The summed E-state index contributed by atoms with van der Waals surface area (Å²) in [4.78, 5) is 17.3. The van der Waals surface area contributed by atoms with E-state index in [2.05, 4.69) is 10.3 Å². The zero-order valence-electron chi connectivity index (χ0n) is 12.4. The van der Waals surface area contributed by atoms with Crippen LogP contribution in [0.5, 0.6) is 5.75 Å². The van der Waals surface area contributed by atoms with Crippen molar-refractivity contribution in [3.63, 3.8) is 0 Å². The van der Waals surface area contributed by atoms with E-state index in [1.165, 1.54) is 11.3 Å². The second-order valence-electron chi connectivity index (χ2n) is 5.15. The molecular weight excluding hydrogens is 300 g/mol. The number of hydrogen-bond donors (Lipinski definition) is 1. The third-order valence-corrected chi connectivity index (χ3v) is 4.43. The van der Waals surface area contributed by atoms with Crippen molar-refractivity contribution < 1.29 is 14.3 Å². The Morgan fingerprint density at radius 3 is 3.23 bits per heavy atom. The van der Waals surface area contributed by atoms with Gasteiger partial charge in [0.2, 0.25) is 0 Å². The Balaban J connectivity index is 1.62. The standard InChI is InChI=1S/C16H18N2O3S/c1-20-12-5-2-4-11(8-12)9-13-10-17-16(22-13)18-15(19)14-6-3-7-21-14/h2,4-5,8,10,14H,3,6-7,9H2,1H3,(H,17,18,19)/t14-/m1/s1. The first-order valence-corrected chi connectivity index (χ1v) is 8.06. The number of amides is 1. The first-order chi connectivity index (χ1) is 10.7. The SMILES string of the molecule is COc1cccc(Cc2cnc(NC(=O)[C@H]3CCCO3)s2)c1. The van der Waals surface area contributed by atoms with Gasteiger partial charge in [-0.05, 0) is 30.5 Å². The van der Waals surface area contributed by atoms with Crippen molar-refractivity contribution in [2.45, 2.75) is 25.4 Å². The van der Waals surface area contributed by atoms with Gasteiger partial charge < -0.3 is 9.47 Å². The van der Waals surface area contributed by atoms with Crippen LogP contribution in [0.4, 0.5) is 5.13 Å². The highest BCUT2D eigenvalue weighted by Gasteiger charge is 2.24. The van der Waals surface area contributed by atoms with E-state index in [1.54, 1.807) is 13.3 Å². The van der Waals surface area contributed by atoms with Crippen molar-refractivity contribution in [3.05, 3.63) is 40.9 Å². The minimum absolute atomic E-state index is 0.0974. The molecule has 0 unspecified atom stereocenters. The molecule has 1 atom stereocenters. The monoisotopic (exact) mass is 318 g/mol. The molecule has 1 saturated heterocycles. The molecule has 6 heteroatoms. The van der Waals surface area contributed by atoms with Gasteiger partial charge in [-0.3, -0.25) is 10.1 Å². The minimum Gasteiger partial charge on any atom is -0.497 e. The van der Waals surface area contributed by atoms with Gasteiger partial charge in [-0.15, -0.1) is 11.3 Å². The van der Waals surface area contributed by atoms with E-state index >= 15 is 0 Å². The zero-order valence-corrected chi connectivity index (χ0v) is 13.2. The maximum absolute atomic E-state index is 12.0. The Hall–Kier alpha value is -1.92. The molecule has 1 amide bonds. The fourth-order valence-electron chi connectivity index (χ4n) is 2.40. The molecule has 1 aromatic carbocycles. The topological polar surface area (TPSA) is 60.5 Å². The normalized spacial score (nSPS) is 17.4. The van der Waals surface area contributed by atoms with Crippen molar-refractivity contribution in [2.75, 3.05) is 19.0 Å². The van der Waals surface area contributed by atoms with Crippen LogP contribution in [0.1, 0.15) is 23.3 Å². The number of anilines is 1. The van der Waals surface area contributed by atoms with Crippen molar-refractivity contribution >= 4 is 22.4 Å². The van der Waals surface area contributed by atoms with E-state index in [0.29, 0.717) is 11.7 Å². The zero-order chi connectivity index (χ0) is 15.4. The number of hydrogen-bond acceptors (Lipinski definition) is 5. The molecule has 1 aromatic heterocycles. The predicted molar refractivity (Wildman–Crippen MR) is 85.5 cm³/mol. The third kappa shape index (κ3) is 3.64. The first-order valence-electron chi connectivity index (χ1n) is 7.25. The van der Waals surface area contributed by atoms with Gasteiger partial charge in [0.25, 0.3) is 5.91 Å². The van der Waals surface area contributed by atoms with Gasteiger partial charge >= 0.3 is 0 Å². The average molecular weight is 318 g/mol. The lowest BCUT2D eigenvalue weighted by Gasteiger charge is -2.07. The average Bonchev–Trinajstić information content (AvgIpc) is 3.19. The van der Waals surface area contributed by atoms with Crippen LogP contribution in [-0.4, -0.2) is 30.7 Å². The van der Waals surface area contributed by atoms with Crippen LogP contribution in [-0.2, 0) is 16.0 Å². The Morgan fingerprint density at radius 2 is 2.45 bits per heavy atom. The highest BCUT2D eigenvalue weighted by Crippen LogP contribution is 2.24. The van der Waals surface area contributed by atoms with Gasteiger partial charge in [-0.2, -0.15) is 0 Å². The highest BCUT2D eigenvalue weighted by molar-refractivity contribution is 7.15. The summed E-state index contributed by atoms with van der Waals surface area (Å²) in [5.41, 5.74) is 1.15. The van der Waals surface area contributed by atoms with E-state index < -0.39 is 0 Å². The van der Waals surface area contributed by atoms with Crippen molar-refractivity contribution in [1.82, 2.24) is 4.98 Å². The number of nitrogens with one attached hydrogen (secondary N) is 1. The van der Waals surface area contributed by atoms with Crippen molar-refractivity contribution in [1.29, 1.82) is 0 Å². The second-order valence-corrected chi connectivity index (χ2v) is 6.27. The molecule has 0 aliphatic carbocycles. The van der Waals surface area contributed by atoms with Crippen molar-refractivity contribution in [3.8, 4) is 5.75 Å². The van der Waals surface area contributed by atoms with Gasteiger partial charge in [0.1, 0.15) is 11.9 Å². The molecule has 0 saturated carbocycles. The van der Waals surface area contributed by atoms with Crippen LogP contribution in [0.25, 0.3) is 0 Å². The number of thiazole rings is 1. The number of carbonyl (C=O) groups is 1. The molecule has 1 aliphatic rings. The van der Waals surface area contributed by atoms with Gasteiger partial charge in [0.15, 0.2) is 5.13 Å². The summed E-state index contributed by atoms with van der Waals surface area (Å²) in [7, 11) is 1.66. The molecule has 3 rings (SSSR count). The summed E-state index contributed by atoms with van der Waals surface area (Å²) in [6.45, 7) is 0.664. The molecule has 2 heterocycles. The molecule has 22 heavy (non-hydrogen) atoms. The Labute approximate surface area is 133 Å². The molecule has 1 aliphatic heterocycles. The summed E-state index contributed by atoms with van der Waals surface area (Å²) >= 11 is 1.49. The van der Waals surface area contributed by atoms with E-state index in [0.717, 1.165) is 35.5 Å². The summed E-state index contributed by atoms with van der Waals surface area (Å²) in [6, 6.07) is 7.94. The molecule has 0 bridgehead atoms. The number of rotatable bonds is 5. The van der Waals surface area contributed by atoms with Gasteiger partial charge in [0, 0.05) is 24.1 Å². The number of benzene rings is 1. The van der Waals surface area contributed by atoms with Crippen LogP contribution in [0.2, 0.25) is 0 Å². The minimum atomic E-state index is -0.328. The van der Waals surface area contributed by atoms with Gasteiger partial charge in [-0.25, -0.2) is 4.98 Å². The molecule has 116 valence electrons. The Bertz CT molecular complexity index is 650. The number of ether oxygens (including phenoxy) is 2. The summed E-state index contributed by atoms with van der Waals surface area (Å²) in [5.74, 6) is 0.744. The lowest BCUT2D eigenvalue weighted by molar-refractivity contribution is -0.124. The first kappa shape index (κ1) is 15.0. The fourth-order valence-corrected chi connectivity index (χ4v) is 3.25. The predicted octanol–water partition coefficient (Wildman–Crippen LogP) is 2.86.